The summed E-state index contributed by atoms with van der Waals surface area (Å²) in [6, 6.07) is 0. The minimum absolute atomic E-state index is 0.0656. The van der Waals surface area contributed by atoms with Gasteiger partial charge in [-0.3, -0.25) is 4.79 Å². The van der Waals surface area contributed by atoms with Crippen molar-refractivity contribution in [1.82, 2.24) is 4.90 Å². The van der Waals surface area contributed by atoms with Crippen LogP contribution in [0.3, 0.4) is 0 Å². The third-order valence-corrected chi connectivity index (χ3v) is 2.05. The highest BCUT2D eigenvalue weighted by Gasteiger charge is 2.44. The smallest absolute Gasteiger partial charge is 0.290 e. The summed E-state index contributed by atoms with van der Waals surface area (Å²) in [6.07, 6.45) is -1.84. The van der Waals surface area contributed by atoms with Gasteiger partial charge in [-0.1, -0.05) is 0 Å². The second kappa shape index (κ2) is 3.55. The maximum absolute atomic E-state index is 12.8. The SMILES string of the molecule is O=C(CO)N1CCC(O)C(F)(F)C1. The molecule has 1 atom stereocenters. The number of rotatable bonds is 1. The number of alkyl halides is 2. The molecule has 0 bridgehead atoms. The zero-order chi connectivity index (χ0) is 10.1. The lowest BCUT2D eigenvalue weighted by atomic mass is 10.0. The predicted octanol–water partition coefficient (Wildman–Crippen LogP) is -0.793. The molecule has 4 nitrogen and oxygen atoms in total. The Morgan fingerprint density at radius 1 is 1.62 bits per heavy atom. The zero-order valence-electron chi connectivity index (χ0n) is 6.91. The van der Waals surface area contributed by atoms with Crippen molar-refractivity contribution < 1.29 is 23.8 Å². The van der Waals surface area contributed by atoms with Crippen LogP contribution in [0.4, 0.5) is 8.78 Å². The van der Waals surface area contributed by atoms with Gasteiger partial charge < -0.3 is 15.1 Å². The van der Waals surface area contributed by atoms with Crippen molar-refractivity contribution in [2.45, 2.75) is 18.4 Å². The predicted molar refractivity (Wildman–Crippen MR) is 39.2 cm³/mol. The van der Waals surface area contributed by atoms with Gasteiger partial charge in [-0.2, -0.15) is 0 Å². The highest BCUT2D eigenvalue weighted by molar-refractivity contribution is 5.77. The fourth-order valence-electron chi connectivity index (χ4n) is 1.24. The first-order chi connectivity index (χ1) is 5.97. The molecule has 1 fully saturated rings. The van der Waals surface area contributed by atoms with Crippen molar-refractivity contribution in [1.29, 1.82) is 0 Å². The van der Waals surface area contributed by atoms with E-state index in [1.807, 2.05) is 0 Å². The summed E-state index contributed by atoms with van der Waals surface area (Å²) in [7, 11) is 0. The van der Waals surface area contributed by atoms with E-state index in [4.69, 9.17) is 10.2 Å². The summed E-state index contributed by atoms with van der Waals surface area (Å²) in [4.78, 5) is 11.7. The van der Waals surface area contributed by atoms with Crippen molar-refractivity contribution >= 4 is 5.91 Å². The number of piperidine rings is 1. The molecular formula is C7H11F2NO3. The highest BCUT2D eigenvalue weighted by Crippen LogP contribution is 2.26. The van der Waals surface area contributed by atoms with Crippen LogP contribution in [0.5, 0.6) is 0 Å². The van der Waals surface area contributed by atoms with E-state index in [1.165, 1.54) is 0 Å². The Hall–Kier alpha value is -0.750. The first-order valence-corrected chi connectivity index (χ1v) is 3.92. The Balaban J connectivity index is 2.60. The molecule has 76 valence electrons. The molecule has 0 saturated carbocycles. The van der Waals surface area contributed by atoms with Crippen molar-refractivity contribution in [3.8, 4) is 0 Å². The Morgan fingerprint density at radius 3 is 2.69 bits per heavy atom. The van der Waals surface area contributed by atoms with Crippen LogP contribution < -0.4 is 0 Å². The Labute approximate surface area is 73.8 Å². The Morgan fingerprint density at radius 2 is 2.23 bits per heavy atom. The topological polar surface area (TPSA) is 60.8 Å². The van der Waals surface area contributed by atoms with Gasteiger partial charge in [0.1, 0.15) is 12.7 Å². The quantitative estimate of drug-likeness (QED) is 0.576. The fourth-order valence-corrected chi connectivity index (χ4v) is 1.24. The Kier molecular flexibility index (Phi) is 2.82. The number of likely N-dealkylation sites (tertiary alicyclic amines) is 1. The molecule has 1 amide bonds. The van der Waals surface area contributed by atoms with Crippen LogP contribution in [0.25, 0.3) is 0 Å². The Bertz CT molecular complexity index is 210. The van der Waals surface area contributed by atoms with E-state index < -0.39 is 31.1 Å². The third-order valence-electron chi connectivity index (χ3n) is 2.05. The monoisotopic (exact) mass is 195 g/mol. The molecular weight excluding hydrogens is 184 g/mol. The fraction of sp³-hybridized carbons (Fsp3) is 0.857. The maximum Gasteiger partial charge on any atom is 0.290 e. The minimum Gasteiger partial charge on any atom is -0.387 e. The lowest BCUT2D eigenvalue weighted by Crippen LogP contribution is -2.53. The minimum atomic E-state index is -3.26. The van der Waals surface area contributed by atoms with Gasteiger partial charge in [0.25, 0.3) is 5.92 Å². The largest absolute Gasteiger partial charge is 0.387 e. The number of carbonyl (C=O) groups is 1. The summed E-state index contributed by atoms with van der Waals surface area (Å²) in [5.74, 6) is -3.99. The van der Waals surface area contributed by atoms with Crippen molar-refractivity contribution in [3.05, 3.63) is 0 Å². The van der Waals surface area contributed by atoms with Crippen LogP contribution in [-0.4, -0.2) is 52.7 Å². The molecule has 1 heterocycles. The molecule has 1 aliphatic heterocycles. The van der Waals surface area contributed by atoms with Crippen LogP contribution in [0, 0.1) is 0 Å². The number of aliphatic hydroxyl groups excluding tert-OH is 2. The van der Waals surface area contributed by atoms with Gasteiger partial charge in [0, 0.05) is 6.54 Å². The number of aliphatic hydroxyl groups is 2. The van der Waals surface area contributed by atoms with Crippen molar-refractivity contribution in [2.24, 2.45) is 0 Å². The van der Waals surface area contributed by atoms with E-state index in [1.54, 1.807) is 0 Å². The van der Waals surface area contributed by atoms with E-state index in [-0.39, 0.29) is 13.0 Å². The van der Waals surface area contributed by atoms with E-state index in [9.17, 15) is 13.6 Å². The van der Waals surface area contributed by atoms with Gasteiger partial charge in [-0.05, 0) is 6.42 Å². The summed E-state index contributed by atoms with van der Waals surface area (Å²) in [5, 5.41) is 17.3. The van der Waals surface area contributed by atoms with Gasteiger partial charge in [0.2, 0.25) is 5.91 Å². The molecule has 0 radical (unpaired) electrons. The first kappa shape index (κ1) is 10.3. The van der Waals surface area contributed by atoms with Gasteiger partial charge in [0.05, 0.1) is 6.54 Å². The van der Waals surface area contributed by atoms with Gasteiger partial charge in [-0.15, -0.1) is 0 Å². The molecule has 0 aromatic heterocycles. The van der Waals surface area contributed by atoms with Crippen molar-refractivity contribution in [3.63, 3.8) is 0 Å². The van der Waals surface area contributed by atoms with Gasteiger partial charge >= 0.3 is 0 Å². The second-order valence-electron chi connectivity index (χ2n) is 3.04. The molecule has 1 saturated heterocycles. The first-order valence-electron chi connectivity index (χ1n) is 3.92. The van der Waals surface area contributed by atoms with Gasteiger partial charge in [0.15, 0.2) is 0 Å². The average molecular weight is 195 g/mol. The normalized spacial score (nSPS) is 27.4. The third kappa shape index (κ3) is 2.13. The van der Waals surface area contributed by atoms with Crippen LogP contribution in [0.1, 0.15) is 6.42 Å². The molecule has 1 rings (SSSR count). The number of nitrogens with zero attached hydrogens (tertiary/aromatic N) is 1. The van der Waals surface area contributed by atoms with Crippen LogP contribution in [0.15, 0.2) is 0 Å². The molecule has 13 heavy (non-hydrogen) atoms. The lowest BCUT2D eigenvalue weighted by molar-refractivity contribution is -0.166. The van der Waals surface area contributed by atoms with E-state index in [2.05, 4.69) is 0 Å². The number of amides is 1. The molecule has 2 N–H and O–H groups in total. The van der Waals surface area contributed by atoms with E-state index in [0.29, 0.717) is 0 Å². The molecule has 6 heteroatoms. The summed E-state index contributed by atoms with van der Waals surface area (Å²) in [6.45, 7) is -1.52. The van der Waals surface area contributed by atoms with E-state index in [0.717, 1.165) is 4.90 Å². The molecule has 0 aliphatic carbocycles. The molecule has 1 unspecified atom stereocenters. The lowest BCUT2D eigenvalue weighted by Gasteiger charge is -2.35. The van der Waals surface area contributed by atoms with Crippen LogP contribution in [-0.2, 0) is 4.79 Å². The van der Waals surface area contributed by atoms with Crippen LogP contribution in [0.2, 0.25) is 0 Å². The zero-order valence-corrected chi connectivity index (χ0v) is 6.91. The summed E-state index contributed by atoms with van der Waals surface area (Å²) < 4.78 is 25.6. The van der Waals surface area contributed by atoms with Crippen LogP contribution >= 0.6 is 0 Å². The molecule has 0 aromatic carbocycles. The summed E-state index contributed by atoms with van der Waals surface area (Å²) in [5.41, 5.74) is 0. The second-order valence-corrected chi connectivity index (χ2v) is 3.04. The number of hydrogen-bond donors (Lipinski definition) is 2. The maximum atomic E-state index is 12.8. The molecule has 0 spiro atoms. The average Bonchev–Trinajstić information content (AvgIpc) is 2.08. The molecule has 0 aromatic rings. The van der Waals surface area contributed by atoms with E-state index >= 15 is 0 Å². The van der Waals surface area contributed by atoms with Gasteiger partial charge in [-0.25, -0.2) is 8.78 Å². The number of hydrogen-bond acceptors (Lipinski definition) is 3. The number of halogens is 2. The summed E-state index contributed by atoms with van der Waals surface area (Å²) >= 11 is 0. The highest BCUT2D eigenvalue weighted by atomic mass is 19.3. The standard InChI is InChI=1S/C7H11F2NO3/c8-7(9)4-10(6(13)3-11)2-1-5(7)12/h5,11-12H,1-4H2. The molecule has 1 aliphatic rings. The van der Waals surface area contributed by atoms with Crippen molar-refractivity contribution in [2.75, 3.05) is 19.7 Å². The number of carbonyl (C=O) groups excluding carboxylic acids is 1.